The highest BCUT2D eigenvalue weighted by Gasteiger charge is 2.25. The van der Waals surface area contributed by atoms with E-state index in [9.17, 15) is 5.26 Å². The summed E-state index contributed by atoms with van der Waals surface area (Å²) in [7, 11) is 0. The lowest BCUT2D eigenvalue weighted by molar-refractivity contribution is 1.06. The number of hydrogen-bond donors (Lipinski definition) is 0. The quantitative estimate of drug-likeness (QED) is 0.144. The maximum atomic E-state index is 11.8. The molecule has 14 rings (SSSR count). The molecule has 0 spiro atoms. The van der Waals surface area contributed by atoms with Crippen molar-refractivity contribution in [2.75, 3.05) is 0 Å². The van der Waals surface area contributed by atoms with Gasteiger partial charge in [0.25, 0.3) is 0 Å². The molecule has 0 atom stereocenters. The lowest BCUT2D eigenvalue weighted by Crippen LogP contribution is -2.07. The fraction of sp³-hybridized carbons (Fsp3) is 0.0541. The van der Waals surface area contributed by atoms with Gasteiger partial charge >= 0.3 is 0 Å². The van der Waals surface area contributed by atoms with Gasteiger partial charge in [0.15, 0.2) is 17.5 Å². The largest absolute Gasteiger partial charge is 0.308 e. The van der Waals surface area contributed by atoms with Gasteiger partial charge in [-0.15, -0.1) is 0 Å². The van der Waals surface area contributed by atoms with Crippen LogP contribution in [0.3, 0.4) is 0 Å². The highest BCUT2D eigenvalue weighted by molar-refractivity contribution is 6.14. The standard InChI is InChI=1S/C74H52N6/c1-46-15-11-23-52(35-46)56-27-31-66-61(39-56)62-40-57(53-24-12-16-47(2)36-53)28-32-67(62)79(66)70-44-65(74-77-72(50-19-7-5-8-20-50)76-73(78-74)51-21-9-6-10-22-51)71(43-60(70)45-75)80-68-33-29-58(54-25-13-17-48(3)37-54)41-63(68)64-42-59(30-34-69(64)80)55-26-14-18-49(4)38-55/h5-44H,1-4H3. The van der Waals surface area contributed by atoms with Gasteiger partial charge in [0, 0.05) is 38.2 Å². The maximum absolute atomic E-state index is 11.8. The third kappa shape index (κ3) is 8.50. The molecule has 0 amide bonds. The number of hydrogen-bond acceptors (Lipinski definition) is 4. The molecule has 378 valence electrons. The van der Waals surface area contributed by atoms with Crippen molar-refractivity contribution in [3.63, 3.8) is 0 Å². The van der Waals surface area contributed by atoms with E-state index in [4.69, 9.17) is 15.0 Å². The Morgan fingerprint density at radius 1 is 0.287 bits per heavy atom. The summed E-state index contributed by atoms with van der Waals surface area (Å²) in [6.07, 6.45) is 0. The van der Waals surface area contributed by atoms with Crippen molar-refractivity contribution in [3.8, 4) is 96.1 Å². The molecule has 14 aromatic rings. The number of aromatic nitrogens is 5. The number of nitrogens with zero attached hydrogens (tertiary/aromatic N) is 6. The summed E-state index contributed by atoms with van der Waals surface area (Å²) in [5, 5.41) is 16.1. The third-order valence-corrected chi connectivity index (χ3v) is 15.6. The van der Waals surface area contributed by atoms with Crippen molar-refractivity contribution in [1.82, 2.24) is 24.1 Å². The molecule has 0 N–H and O–H groups in total. The van der Waals surface area contributed by atoms with E-state index in [0.717, 1.165) is 110 Å². The van der Waals surface area contributed by atoms with E-state index in [2.05, 4.69) is 225 Å². The van der Waals surface area contributed by atoms with Crippen LogP contribution >= 0.6 is 0 Å². The fourth-order valence-corrected chi connectivity index (χ4v) is 11.7. The minimum absolute atomic E-state index is 0.477. The topological polar surface area (TPSA) is 72.3 Å². The molecule has 0 aliphatic heterocycles. The predicted octanol–water partition coefficient (Wildman–Crippen LogP) is 18.8. The molecule has 80 heavy (non-hydrogen) atoms. The van der Waals surface area contributed by atoms with E-state index < -0.39 is 0 Å². The molecule has 0 unspecified atom stereocenters. The van der Waals surface area contributed by atoms with Crippen molar-refractivity contribution in [2.45, 2.75) is 27.7 Å². The van der Waals surface area contributed by atoms with Crippen LogP contribution in [0.4, 0.5) is 0 Å². The second-order valence-electron chi connectivity index (χ2n) is 21.1. The Morgan fingerprint density at radius 2 is 0.600 bits per heavy atom. The lowest BCUT2D eigenvalue weighted by Gasteiger charge is -2.19. The molecule has 0 fully saturated rings. The summed E-state index contributed by atoms with van der Waals surface area (Å²) in [6.45, 7) is 8.54. The van der Waals surface area contributed by atoms with Crippen LogP contribution in [0.2, 0.25) is 0 Å². The van der Waals surface area contributed by atoms with Crippen LogP contribution < -0.4 is 0 Å². The molecule has 6 heteroatoms. The number of nitriles is 1. The van der Waals surface area contributed by atoms with Gasteiger partial charge in [-0.25, -0.2) is 15.0 Å². The van der Waals surface area contributed by atoms with Crippen molar-refractivity contribution in [3.05, 3.63) is 270 Å². The summed E-state index contributed by atoms with van der Waals surface area (Å²) >= 11 is 0. The van der Waals surface area contributed by atoms with Gasteiger partial charge in [-0.05, 0) is 133 Å². The first-order valence-electron chi connectivity index (χ1n) is 27.1. The van der Waals surface area contributed by atoms with Crippen LogP contribution in [0.1, 0.15) is 27.8 Å². The van der Waals surface area contributed by atoms with Gasteiger partial charge in [-0.1, -0.05) is 204 Å². The molecule has 11 aromatic carbocycles. The molecule has 0 saturated heterocycles. The van der Waals surface area contributed by atoms with Crippen LogP contribution in [0.15, 0.2) is 243 Å². The van der Waals surface area contributed by atoms with Crippen LogP contribution in [0, 0.1) is 39.0 Å². The van der Waals surface area contributed by atoms with E-state index in [0.29, 0.717) is 28.7 Å². The van der Waals surface area contributed by atoms with Crippen molar-refractivity contribution in [1.29, 1.82) is 5.26 Å². The lowest BCUT2D eigenvalue weighted by atomic mass is 9.99. The zero-order valence-corrected chi connectivity index (χ0v) is 44.8. The van der Waals surface area contributed by atoms with Gasteiger partial charge in [-0.3, -0.25) is 0 Å². The second kappa shape index (κ2) is 19.5. The molecule has 6 nitrogen and oxygen atoms in total. The minimum atomic E-state index is 0.477. The summed E-state index contributed by atoms with van der Waals surface area (Å²) in [5.74, 6) is 1.57. The fourth-order valence-electron chi connectivity index (χ4n) is 11.7. The van der Waals surface area contributed by atoms with Gasteiger partial charge in [0.05, 0.1) is 39.0 Å². The van der Waals surface area contributed by atoms with Gasteiger partial charge in [0.2, 0.25) is 0 Å². The van der Waals surface area contributed by atoms with E-state index in [-0.39, 0.29) is 0 Å². The summed E-state index contributed by atoms with van der Waals surface area (Å²) in [5.41, 5.74) is 22.2. The molecule has 0 saturated carbocycles. The Labute approximate surface area is 464 Å². The normalized spacial score (nSPS) is 11.5. The Kier molecular flexibility index (Phi) is 11.7. The molecule has 0 radical (unpaired) electrons. The average Bonchev–Trinajstić information content (AvgIpc) is 4.15. The first kappa shape index (κ1) is 47.9. The van der Waals surface area contributed by atoms with E-state index >= 15 is 0 Å². The van der Waals surface area contributed by atoms with E-state index in [1.165, 1.54) is 22.3 Å². The molecular weight excluding hydrogens is 973 g/mol. The maximum Gasteiger partial charge on any atom is 0.166 e. The van der Waals surface area contributed by atoms with Gasteiger partial charge < -0.3 is 9.13 Å². The monoisotopic (exact) mass is 1020 g/mol. The Bertz CT molecular complexity index is 4560. The van der Waals surface area contributed by atoms with Crippen molar-refractivity contribution >= 4 is 43.6 Å². The van der Waals surface area contributed by atoms with E-state index in [1.807, 2.05) is 60.7 Å². The van der Waals surface area contributed by atoms with Crippen LogP contribution in [-0.4, -0.2) is 24.1 Å². The summed E-state index contributed by atoms with van der Waals surface area (Å²) in [6, 6.07) is 88.8. The average molecular weight is 1030 g/mol. The Hall–Kier alpha value is -10.5. The predicted molar refractivity (Wildman–Crippen MR) is 330 cm³/mol. The number of fused-ring (bicyclic) bond motifs is 6. The number of rotatable bonds is 9. The summed E-state index contributed by atoms with van der Waals surface area (Å²) < 4.78 is 4.58. The first-order valence-corrected chi connectivity index (χ1v) is 27.1. The number of benzene rings is 11. The molecular formula is C74H52N6. The Balaban J connectivity index is 1.09. The molecule has 3 heterocycles. The van der Waals surface area contributed by atoms with E-state index in [1.54, 1.807) is 0 Å². The SMILES string of the molecule is Cc1cccc(-c2ccc3c(c2)c2cc(-c4cccc(C)c4)ccc2n3-c2cc(-c3nc(-c4ccccc4)nc(-c4ccccc4)n3)c(-n3c4ccc(-c5cccc(C)c5)cc4c4cc(-c5cccc(C)c5)ccc43)cc2C#N)c1. The van der Waals surface area contributed by atoms with Gasteiger partial charge in [-0.2, -0.15) is 5.26 Å². The highest BCUT2D eigenvalue weighted by atomic mass is 15.1. The van der Waals surface area contributed by atoms with Crippen molar-refractivity contribution < 1.29 is 0 Å². The number of aryl methyl sites for hydroxylation is 4. The summed E-state index contributed by atoms with van der Waals surface area (Å²) in [4.78, 5) is 16.0. The van der Waals surface area contributed by atoms with Crippen molar-refractivity contribution in [2.24, 2.45) is 0 Å². The molecule has 0 aliphatic rings. The van der Waals surface area contributed by atoms with Crippen LogP contribution in [0.5, 0.6) is 0 Å². The third-order valence-electron chi connectivity index (χ3n) is 15.6. The first-order chi connectivity index (χ1) is 39.2. The second-order valence-corrected chi connectivity index (χ2v) is 21.1. The molecule has 0 aliphatic carbocycles. The zero-order chi connectivity index (χ0) is 54.0. The van der Waals surface area contributed by atoms with Crippen LogP contribution in [-0.2, 0) is 0 Å². The van der Waals surface area contributed by atoms with Crippen LogP contribution in [0.25, 0.3) is 134 Å². The zero-order valence-electron chi connectivity index (χ0n) is 44.8. The minimum Gasteiger partial charge on any atom is -0.308 e. The highest BCUT2D eigenvalue weighted by Crippen LogP contribution is 2.44. The molecule has 0 bridgehead atoms. The Morgan fingerprint density at radius 3 is 0.938 bits per heavy atom. The van der Waals surface area contributed by atoms with Gasteiger partial charge in [0.1, 0.15) is 6.07 Å². The smallest absolute Gasteiger partial charge is 0.166 e. The molecule has 3 aromatic heterocycles.